The van der Waals surface area contributed by atoms with E-state index in [-0.39, 0.29) is 12.1 Å². The molecule has 0 bridgehead atoms. The summed E-state index contributed by atoms with van der Waals surface area (Å²) in [5.41, 5.74) is 7.05. The van der Waals surface area contributed by atoms with E-state index in [0.29, 0.717) is 6.42 Å². The first-order valence-electron chi connectivity index (χ1n) is 7.05. The van der Waals surface area contributed by atoms with Crippen molar-refractivity contribution in [2.24, 2.45) is 5.73 Å². The van der Waals surface area contributed by atoms with Gasteiger partial charge in [0.2, 0.25) is 0 Å². The van der Waals surface area contributed by atoms with Gasteiger partial charge in [-0.05, 0) is 57.7 Å². The third kappa shape index (κ3) is 3.75. The lowest BCUT2D eigenvalue weighted by Crippen LogP contribution is -2.51. The molecule has 5 heteroatoms. The molecule has 0 aliphatic carbocycles. The molecular weight excluding hydrogens is 260 g/mol. The molecule has 1 aliphatic heterocycles. The molecule has 2 unspecified atom stereocenters. The van der Waals surface area contributed by atoms with Crippen LogP contribution in [0.4, 0.5) is 8.78 Å². The second-order valence-electron chi connectivity index (χ2n) is 5.78. The normalized spacial score (nSPS) is 23.6. The van der Waals surface area contributed by atoms with Crippen LogP contribution >= 0.6 is 0 Å². The largest absolute Gasteiger partial charge is 0.326 e. The second kappa shape index (κ2) is 6.61. The van der Waals surface area contributed by atoms with E-state index in [4.69, 9.17) is 5.73 Å². The smallest absolute Gasteiger partial charge is 0.159 e. The van der Waals surface area contributed by atoms with Gasteiger partial charge in [-0.15, -0.1) is 0 Å². The minimum atomic E-state index is -0.811. The van der Waals surface area contributed by atoms with Gasteiger partial charge in [-0.1, -0.05) is 6.07 Å². The molecule has 0 amide bonds. The van der Waals surface area contributed by atoms with Gasteiger partial charge in [0, 0.05) is 18.6 Å². The van der Waals surface area contributed by atoms with Crippen LogP contribution in [-0.2, 0) is 6.42 Å². The Morgan fingerprint density at radius 1 is 1.25 bits per heavy atom. The Bertz CT molecular complexity index is 453. The minimum Gasteiger partial charge on any atom is -0.326 e. The molecule has 3 nitrogen and oxygen atoms in total. The molecule has 1 heterocycles. The van der Waals surface area contributed by atoms with Crippen LogP contribution in [0, 0.1) is 11.6 Å². The average molecular weight is 283 g/mol. The second-order valence-corrected chi connectivity index (χ2v) is 5.78. The Hall–Kier alpha value is -1.04. The van der Waals surface area contributed by atoms with E-state index in [2.05, 4.69) is 23.9 Å². The maximum absolute atomic E-state index is 13.2. The average Bonchev–Trinajstić information content (AvgIpc) is 2.56. The van der Waals surface area contributed by atoms with Gasteiger partial charge >= 0.3 is 0 Å². The molecule has 2 N–H and O–H groups in total. The number of hydrogen-bond donors (Lipinski definition) is 1. The summed E-state index contributed by atoms with van der Waals surface area (Å²) in [5.74, 6) is -1.62. The van der Waals surface area contributed by atoms with Crippen LogP contribution in [0.2, 0.25) is 0 Å². The predicted molar refractivity (Wildman–Crippen MR) is 76.6 cm³/mol. The first-order chi connectivity index (χ1) is 9.47. The molecule has 20 heavy (non-hydrogen) atoms. The molecule has 0 aromatic heterocycles. The van der Waals surface area contributed by atoms with Crippen molar-refractivity contribution in [3.05, 3.63) is 35.4 Å². The zero-order chi connectivity index (χ0) is 14.7. The summed E-state index contributed by atoms with van der Waals surface area (Å²) in [7, 11) is 4.17. The predicted octanol–water partition coefficient (Wildman–Crippen LogP) is 1.47. The van der Waals surface area contributed by atoms with E-state index in [9.17, 15) is 8.78 Å². The van der Waals surface area contributed by atoms with Crippen LogP contribution in [0.5, 0.6) is 0 Å². The SMILES string of the molecule is CN1CCCN(C)C(C(N)Cc2ccc(F)c(F)c2)C1. The Kier molecular flexibility index (Phi) is 5.07. The highest BCUT2D eigenvalue weighted by molar-refractivity contribution is 5.19. The summed E-state index contributed by atoms with van der Waals surface area (Å²) in [6.07, 6.45) is 1.68. The molecule has 0 radical (unpaired) electrons. The topological polar surface area (TPSA) is 32.5 Å². The third-order valence-electron chi connectivity index (χ3n) is 4.07. The number of nitrogens with two attached hydrogens (primary N) is 1. The fourth-order valence-corrected chi connectivity index (χ4v) is 2.84. The number of benzene rings is 1. The van der Waals surface area contributed by atoms with Crippen molar-refractivity contribution in [3.63, 3.8) is 0 Å². The van der Waals surface area contributed by atoms with Crippen LogP contribution in [0.3, 0.4) is 0 Å². The van der Waals surface area contributed by atoms with Crippen LogP contribution in [-0.4, -0.2) is 55.6 Å². The standard InChI is InChI=1S/C15H23F2N3/c1-19-6-3-7-20(2)15(10-19)14(18)9-11-4-5-12(16)13(17)8-11/h4-5,8,14-15H,3,6-7,9-10,18H2,1-2H3. The molecule has 2 rings (SSSR count). The summed E-state index contributed by atoms with van der Waals surface area (Å²) < 4.78 is 26.2. The summed E-state index contributed by atoms with van der Waals surface area (Å²) in [5, 5.41) is 0. The van der Waals surface area contributed by atoms with Crippen LogP contribution in [0.25, 0.3) is 0 Å². The number of nitrogens with zero attached hydrogens (tertiary/aromatic N) is 2. The summed E-state index contributed by atoms with van der Waals surface area (Å²) >= 11 is 0. The van der Waals surface area contributed by atoms with Crippen molar-refractivity contribution in [2.75, 3.05) is 33.7 Å². The van der Waals surface area contributed by atoms with Gasteiger partial charge < -0.3 is 15.5 Å². The lowest BCUT2D eigenvalue weighted by molar-refractivity contribution is 0.195. The van der Waals surface area contributed by atoms with E-state index in [0.717, 1.165) is 31.6 Å². The maximum atomic E-state index is 13.2. The molecule has 1 fully saturated rings. The molecule has 1 aromatic rings. The van der Waals surface area contributed by atoms with Crippen LogP contribution in [0.1, 0.15) is 12.0 Å². The zero-order valence-corrected chi connectivity index (χ0v) is 12.1. The number of halogens is 2. The summed E-state index contributed by atoms with van der Waals surface area (Å²) in [6.45, 7) is 2.99. The van der Waals surface area contributed by atoms with E-state index in [1.54, 1.807) is 6.07 Å². The van der Waals surface area contributed by atoms with Crippen LogP contribution in [0.15, 0.2) is 18.2 Å². The molecule has 112 valence electrons. The van der Waals surface area contributed by atoms with Gasteiger partial charge in [-0.25, -0.2) is 8.78 Å². The molecule has 1 saturated heterocycles. The lowest BCUT2D eigenvalue weighted by atomic mass is 9.99. The van der Waals surface area contributed by atoms with Gasteiger partial charge in [-0.3, -0.25) is 0 Å². The summed E-state index contributed by atoms with van der Waals surface area (Å²) in [4.78, 5) is 4.55. The van der Waals surface area contributed by atoms with Gasteiger partial charge in [0.05, 0.1) is 0 Å². The number of rotatable bonds is 3. The van der Waals surface area contributed by atoms with Gasteiger partial charge in [0.15, 0.2) is 11.6 Å². The van der Waals surface area contributed by atoms with Crippen LogP contribution < -0.4 is 5.73 Å². The highest BCUT2D eigenvalue weighted by Gasteiger charge is 2.26. The summed E-state index contributed by atoms with van der Waals surface area (Å²) in [6, 6.07) is 4.16. The van der Waals surface area contributed by atoms with E-state index >= 15 is 0 Å². The number of likely N-dealkylation sites (N-methyl/N-ethyl adjacent to an activating group) is 2. The first-order valence-corrected chi connectivity index (χ1v) is 7.05. The maximum Gasteiger partial charge on any atom is 0.159 e. The monoisotopic (exact) mass is 283 g/mol. The molecule has 0 spiro atoms. The van der Waals surface area contributed by atoms with Crippen molar-refractivity contribution in [1.29, 1.82) is 0 Å². The lowest BCUT2D eigenvalue weighted by Gasteiger charge is -2.32. The number of hydrogen-bond acceptors (Lipinski definition) is 3. The molecule has 2 atom stereocenters. The fraction of sp³-hybridized carbons (Fsp3) is 0.600. The van der Waals surface area contributed by atoms with E-state index in [1.165, 1.54) is 12.1 Å². The van der Waals surface area contributed by atoms with E-state index < -0.39 is 11.6 Å². The Labute approximate surface area is 119 Å². The van der Waals surface area contributed by atoms with E-state index in [1.807, 2.05) is 0 Å². The minimum absolute atomic E-state index is 0.0922. The Morgan fingerprint density at radius 2 is 2.00 bits per heavy atom. The highest BCUT2D eigenvalue weighted by Crippen LogP contribution is 2.15. The van der Waals surface area contributed by atoms with Gasteiger partial charge in [0.25, 0.3) is 0 Å². The highest BCUT2D eigenvalue weighted by atomic mass is 19.2. The van der Waals surface area contributed by atoms with Gasteiger partial charge in [0.1, 0.15) is 0 Å². The molecule has 1 aromatic carbocycles. The third-order valence-corrected chi connectivity index (χ3v) is 4.07. The fourth-order valence-electron chi connectivity index (χ4n) is 2.84. The molecule has 1 aliphatic rings. The zero-order valence-electron chi connectivity index (χ0n) is 12.1. The van der Waals surface area contributed by atoms with Crippen molar-refractivity contribution in [1.82, 2.24) is 9.80 Å². The van der Waals surface area contributed by atoms with Crippen molar-refractivity contribution >= 4 is 0 Å². The molecule has 0 saturated carbocycles. The first kappa shape index (κ1) is 15.4. The molecular formula is C15H23F2N3. The quantitative estimate of drug-likeness (QED) is 0.912. The Balaban J connectivity index is 2.05. The Morgan fingerprint density at radius 3 is 2.70 bits per heavy atom. The van der Waals surface area contributed by atoms with Crippen molar-refractivity contribution in [2.45, 2.75) is 24.9 Å². The van der Waals surface area contributed by atoms with Crippen molar-refractivity contribution < 1.29 is 8.78 Å². The van der Waals surface area contributed by atoms with Crippen molar-refractivity contribution in [3.8, 4) is 0 Å². The van der Waals surface area contributed by atoms with Gasteiger partial charge in [-0.2, -0.15) is 0 Å².